The molecule has 0 aromatic heterocycles. The summed E-state index contributed by atoms with van der Waals surface area (Å²) in [7, 11) is -1.82. The van der Waals surface area contributed by atoms with Crippen molar-refractivity contribution in [2.75, 3.05) is 32.0 Å². The molecule has 0 bridgehead atoms. The molecule has 162 valence electrons. The molecular formula is C21H25F2N3O3S. The number of carbonyl (C=O) groups excluding carboxylic acids is 1. The maximum atomic E-state index is 13.7. The van der Waals surface area contributed by atoms with Crippen molar-refractivity contribution in [1.29, 1.82) is 0 Å². The third-order valence-electron chi connectivity index (χ3n) is 5.00. The Labute approximate surface area is 175 Å². The van der Waals surface area contributed by atoms with Crippen molar-refractivity contribution < 1.29 is 22.0 Å². The third kappa shape index (κ3) is 5.62. The molecule has 9 heteroatoms. The van der Waals surface area contributed by atoms with Crippen molar-refractivity contribution >= 4 is 21.6 Å². The molecule has 1 N–H and O–H groups in total. The number of carbonyl (C=O) groups is 1. The highest BCUT2D eigenvalue weighted by atomic mass is 32.2. The molecule has 0 radical (unpaired) electrons. The Bertz CT molecular complexity index is 1010. The number of amides is 1. The Balaban J connectivity index is 1.54. The summed E-state index contributed by atoms with van der Waals surface area (Å²) in [5.74, 6) is -1.54. The van der Waals surface area contributed by atoms with Crippen LogP contribution in [0.25, 0.3) is 0 Å². The number of halogens is 2. The summed E-state index contributed by atoms with van der Waals surface area (Å²) in [4.78, 5) is 14.2. The van der Waals surface area contributed by atoms with Crippen LogP contribution in [0.4, 0.5) is 14.5 Å². The fraction of sp³-hybridized carbons (Fsp3) is 0.381. The van der Waals surface area contributed by atoms with Crippen molar-refractivity contribution in [3.63, 3.8) is 0 Å². The van der Waals surface area contributed by atoms with E-state index >= 15 is 0 Å². The van der Waals surface area contributed by atoms with E-state index in [1.165, 1.54) is 28.6 Å². The highest BCUT2D eigenvalue weighted by molar-refractivity contribution is 7.89. The average Bonchev–Trinajstić information content (AvgIpc) is 3.25. The van der Waals surface area contributed by atoms with Crippen LogP contribution in [0.15, 0.2) is 47.4 Å². The monoisotopic (exact) mass is 437 g/mol. The van der Waals surface area contributed by atoms with E-state index in [4.69, 9.17) is 0 Å². The van der Waals surface area contributed by atoms with Crippen molar-refractivity contribution in [3.8, 4) is 0 Å². The summed E-state index contributed by atoms with van der Waals surface area (Å²) in [6.45, 7) is 1.62. The van der Waals surface area contributed by atoms with Crippen LogP contribution in [0.5, 0.6) is 0 Å². The first-order valence-corrected chi connectivity index (χ1v) is 11.2. The number of nitrogens with one attached hydrogen (secondary N) is 1. The summed E-state index contributed by atoms with van der Waals surface area (Å²) in [6, 6.07) is 9.63. The standard InChI is InChI=1S/C21H25F2N3O3S/c1-25(15-16-7-8-17(22)13-20(16)23)12-9-21(27)24-18-5-4-6-19(14-18)30(28,29)26-10-2-3-11-26/h4-8,13-14H,2-3,9-12,15H2,1H3,(H,24,27). The Morgan fingerprint density at radius 3 is 2.57 bits per heavy atom. The second-order valence-corrected chi connectivity index (χ2v) is 9.35. The molecule has 1 amide bonds. The minimum absolute atomic E-state index is 0.141. The predicted molar refractivity (Wildman–Crippen MR) is 110 cm³/mol. The van der Waals surface area contributed by atoms with E-state index < -0.39 is 21.7 Å². The van der Waals surface area contributed by atoms with Gasteiger partial charge in [-0.1, -0.05) is 12.1 Å². The maximum Gasteiger partial charge on any atom is 0.243 e. The number of hydrogen-bond acceptors (Lipinski definition) is 4. The van der Waals surface area contributed by atoms with Gasteiger partial charge >= 0.3 is 0 Å². The topological polar surface area (TPSA) is 69.7 Å². The Morgan fingerprint density at radius 2 is 1.87 bits per heavy atom. The normalized spacial score (nSPS) is 14.9. The molecule has 3 rings (SSSR count). The van der Waals surface area contributed by atoms with Gasteiger partial charge in [-0.05, 0) is 44.2 Å². The van der Waals surface area contributed by atoms with Gasteiger partial charge in [-0.15, -0.1) is 0 Å². The second kappa shape index (κ2) is 9.63. The zero-order valence-electron chi connectivity index (χ0n) is 16.8. The van der Waals surface area contributed by atoms with Gasteiger partial charge in [-0.3, -0.25) is 4.79 Å². The lowest BCUT2D eigenvalue weighted by Gasteiger charge is -2.17. The molecule has 1 aliphatic rings. The van der Waals surface area contributed by atoms with E-state index in [0.717, 1.165) is 18.9 Å². The molecule has 0 atom stereocenters. The Hall–Kier alpha value is -2.36. The van der Waals surface area contributed by atoms with E-state index in [1.807, 2.05) is 0 Å². The van der Waals surface area contributed by atoms with E-state index in [9.17, 15) is 22.0 Å². The molecule has 1 fully saturated rings. The molecule has 1 saturated heterocycles. The van der Waals surface area contributed by atoms with Crippen LogP contribution >= 0.6 is 0 Å². The molecule has 6 nitrogen and oxygen atoms in total. The van der Waals surface area contributed by atoms with Crippen molar-refractivity contribution in [2.24, 2.45) is 0 Å². The van der Waals surface area contributed by atoms with Crippen molar-refractivity contribution in [1.82, 2.24) is 9.21 Å². The molecule has 0 saturated carbocycles. The zero-order chi connectivity index (χ0) is 21.7. The number of nitrogens with zero attached hydrogens (tertiary/aromatic N) is 2. The van der Waals surface area contributed by atoms with Crippen LogP contribution in [0.3, 0.4) is 0 Å². The van der Waals surface area contributed by atoms with Crippen LogP contribution < -0.4 is 5.32 Å². The average molecular weight is 438 g/mol. The highest BCUT2D eigenvalue weighted by Gasteiger charge is 2.27. The van der Waals surface area contributed by atoms with Crippen LogP contribution in [-0.4, -0.2) is 50.2 Å². The van der Waals surface area contributed by atoms with Gasteiger partial charge in [0.15, 0.2) is 0 Å². The number of hydrogen-bond donors (Lipinski definition) is 1. The first-order chi connectivity index (χ1) is 14.3. The van der Waals surface area contributed by atoms with Crippen LogP contribution in [0.1, 0.15) is 24.8 Å². The smallest absolute Gasteiger partial charge is 0.243 e. The first-order valence-electron chi connectivity index (χ1n) is 9.78. The minimum Gasteiger partial charge on any atom is -0.326 e. The lowest BCUT2D eigenvalue weighted by Crippen LogP contribution is -2.28. The fourth-order valence-electron chi connectivity index (χ4n) is 3.35. The number of rotatable bonds is 8. The lowest BCUT2D eigenvalue weighted by molar-refractivity contribution is -0.116. The number of anilines is 1. The lowest BCUT2D eigenvalue weighted by atomic mass is 10.2. The highest BCUT2D eigenvalue weighted by Crippen LogP contribution is 2.23. The maximum absolute atomic E-state index is 13.7. The van der Waals surface area contributed by atoms with Gasteiger partial charge in [0.05, 0.1) is 4.90 Å². The van der Waals surface area contributed by atoms with Gasteiger partial charge in [0, 0.05) is 49.9 Å². The molecule has 1 heterocycles. The van der Waals surface area contributed by atoms with Gasteiger partial charge in [-0.25, -0.2) is 17.2 Å². The fourth-order valence-corrected chi connectivity index (χ4v) is 4.91. The van der Waals surface area contributed by atoms with Gasteiger partial charge in [0.2, 0.25) is 15.9 Å². The zero-order valence-corrected chi connectivity index (χ0v) is 17.6. The summed E-state index contributed by atoms with van der Waals surface area (Å²) in [6.07, 6.45) is 1.85. The minimum atomic E-state index is -3.55. The third-order valence-corrected chi connectivity index (χ3v) is 6.89. The van der Waals surface area contributed by atoms with Crippen LogP contribution in [-0.2, 0) is 21.4 Å². The van der Waals surface area contributed by atoms with Crippen LogP contribution in [0, 0.1) is 11.6 Å². The van der Waals surface area contributed by atoms with Gasteiger partial charge < -0.3 is 10.2 Å². The summed E-state index contributed by atoms with van der Waals surface area (Å²) in [5, 5.41) is 2.71. The van der Waals surface area contributed by atoms with Crippen molar-refractivity contribution in [3.05, 3.63) is 59.7 Å². The molecule has 0 spiro atoms. The molecule has 0 unspecified atom stereocenters. The second-order valence-electron chi connectivity index (χ2n) is 7.41. The van der Waals surface area contributed by atoms with E-state index in [1.54, 1.807) is 24.1 Å². The Morgan fingerprint density at radius 1 is 1.13 bits per heavy atom. The summed E-state index contributed by atoms with van der Waals surface area (Å²) >= 11 is 0. The number of sulfonamides is 1. The van der Waals surface area contributed by atoms with E-state index in [0.29, 0.717) is 30.9 Å². The SMILES string of the molecule is CN(CCC(=O)Nc1cccc(S(=O)(=O)N2CCCC2)c1)Cc1ccc(F)cc1F. The molecule has 30 heavy (non-hydrogen) atoms. The van der Waals surface area contributed by atoms with Crippen LogP contribution in [0.2, 0.25) is 0 Å². The molecule has 2 aromatic rings. The number of benzene rings is 2. The molecule has 0 aliphatic carbocycles. The quantitative estimate of drug-likeness (QED) is 0.689. The summed E-state index contributed by atoms with van der Waals surface area (Å²) < 4.78 is 53.5. The van der Waals surface area contributed by atoms with E-state index in [-0.39, 0.29) is 23.8 Å². The predicted octanol–water partition coefficient (Wildman–Crippen LogP) is 3.21. The van der Waals surface area contributed by atoms with Gasteiger partial charge in [0.25, 0.3) is 0 Å². The molecule has 2 aromatic carbocycles. The van der Waals surface area contributed by atoms with Crippen molar-refractivity contribution in [2.45, 2.75) is 30.7 Å². The van der Waals surface area contributed by atoms with E-state index in [2.05, 4.69) is 5.32 Å². The first kappa shape index (κ1) is 22.3. The Kier molecular flexibility index (Phi) is 7.17. The summed E-state index contributed by atoms with van der Waals surface area (Å²) in [5.41, 5.74) is 0.756. The largest absolute Gasteiger partial charge is 0.326 e. The van der Waals surface area contributed by atoms with Gasteiger partial charge in [-0.2, -0.15) is 4.31 Å². The molecule has 1 aliphatic heterocycles. The molecular weight excluding hydrogens is 412 g/mol. The van der Waals surface area contributed by atoms with Gasteiger partial charge in [0.1, 0.15) is 11.6 Å².